The van der Waals surface area contributed by atoms with Gasteiger partial charge in [0.2, 0.25) is 0 Å². The standard InChI is InChI=1S/C15H14N2O6/c1-22-14(18)9-7-11(15(19)23-2)13(16-8-9)10-5-3-4-6-12(10)17(20)21/h3-9,13H,1-2H3. The van der Waals surface area contributed by atoms with E-state index in [1.165, 1.54) is 44.7 Å². The van der Waals surface area contributed by atoms with Crippen molar-refractivity contribution in [2.45, 2.75) is 6.04 Å². The van der Waals surface area contributed by atoms with E-state index in [0.717, 1.165) is 0 Å². The topological polar surface area (TPSA) is 108 Å². The first-order valence-electron chi connectivity index (χ1n) is 6.64. The molecule has 0 amide bonds. The normalized spacial score (nSPS) is 19.7. The Kier molecular flexibility index (Phi) is 4.85. The van der Waals surface area contributed by atoms with Crippen molar-refractivity contribution in [3.63, 3.8) is 0 Å². The average Bonchev–Trinajstić information content (AvgIpc) is 2.59. The molecule has 2 atom stereocenters. The maximum atomic E-state index is 12.0. The lowest BCUT2D eigenvalue weighted by atomic mass is 9.92. The number of para-hydroxylation sites is 1. The third-order valence-electron chi connectivity index (χ3n) is 3.37. The van der Waals surface area contributed by atoms with E-state index in [2.05, 4.69) is 9.73 Å². The van der Waals surface area contributed by atoms with Crippen LogP contribution in [0.1, 0.15) is 11.6 Å². The number of nitro benzene ring substituents is 1. The molecule has 0 aliphatic carbocycles. The van der Waals surface area contributed by atoms with Crippen LogP contribution in [0.3, 0.4) is 0 Å². The van der Waals surface area contributed by atoms with E-state index in [9.17, 15) is 19.7 Å². The van der Waals surface area contributed by atoms with Gasteiger partial charge in [-0.25, -0.2) is 4.79 Å². The summed E-state index contributed by atoms with van der Waals surface area (Å²) < 4.78 is 9.32. The molecule has 2 unspecified atom stereocenters. The molecule has 0 spiro atoms. The van der Waals surface area contributed by atoms with Crippen LogP contribution in [0.15, 0.2) is 40.9 Å². The first-order valence-corrected chi connectivity index (χ1v) is 6.64. The first kappa shape index (κ1) is 16.3. The van der Waals surface area contributed by atoms with Gasteiger partial charge >= 0.3 is 11.9 Å². The van der Waals surface area contributed by atoms with E-state index in [0.29, 0.717) is 0 Å². The Morgan fingerprint density at radius 2 is 1.91 bits per heavy atom. The Labute approximate surface area is 131 Å². The minimum Gasteiger partial charge on any atom is -0.468 e. The predicted molar refractivity (Wildman–Crippen MR) is 79.9 cm³/mol. The summed E-state index contributed by atoms with van der Waals surface area (Å²) in [4.78, 5) is 38.4. The zero-order valence-electron chi connectivity index (χ0n) is 12.5. The zero-order chi connectivity index (χ0) is 17.0. The first-order chi connectivity index (χ1) is 11.0. The number of hydrogen-bond donors (Lipinski definition) is 0. The Hall–Kier alpha value is -3.03. The number of aliphatic imine (C=N–C) groups is 1. The van der Waals surface area contributed by atoms with Gasteiger partial charge in [0.05, 0.1) is 30.3 Å². The highest BCUT2D eigenvalue weighted by Crippen LogP contribution is 2.35. The molecule has 8 nitrogen and oxygen atoms in total. The number of esters is 2. The van der Waals surface area contributed by atoms with Crippen LogP contribution in [0, 0.1) is 16.0 Å². The number of methoxy groups -OCH3 is 2. The summed E-state index contributed by atoms with van der Waals surface area (Å²) >= 11 is 0. The van der Waals surface area contributed by atoms with E-state index < -0.39 is 28.8 Å². The summed E-state index contributed by atoms with van der Waals surface area (Å²) in [5.41, 5.74) is 0.134. The van der Waals surface area contributed by atoms with E-state index in [-0.39, 0.29) is 16.8 Å². The van der Waals surface area contributed by atoms with Gasteiger partial charge in [-0.1, -0.05) is 18.2 Å². The van der Waals surface area contributed by atoms with Crippen molar-refractivity contribution in [3.05, 3.63) is 51.6 Å². The van der Waals surface area contributed by atoms with E-state index >= 15 is 0 Å². The summed E-state index contributed by atoms with van der Waals surface area (Å²) in [7, 11) is 2.40. The quantitative estimate of drug-likeness (QED) is 0.474. The van der Waals surface area contributed by atoms with Crippen molar-refractivity contribution in [2.24, 2.45) is 10.9 Å². The molecule has 1 aromatic rings. The smallest absolute Gasteiger partial charge is 0.335 e. The molecule has 0 N–H and O–H groups in total. The van der Waals surface area contributed by atoms with Crippen LogP contribution in [0.5, 0.6) is 0 Å². The summed E-state index contributed by atoms with van der Waals surface area (Å²) in [6.45, 7) is 0. The number of rotatable bonds is 4. The van der Waals surface area contributed by atoms with Crippen LogP contribution in [-0.4, -0.2) is 37.3 Å². The van der Waals surface area contributed by atoms with Gasteiger partial charge in [-0.2, -0.15) is 0 Å². The van der Waals surface area contributed by atoms with Crippen molar-refractivity contribution in [2.75, 3.05) is 14.2 Å². The molecule has 2 rings (SSSR count). The molecule has 0 bridgehead atoms. The SMILES string of the molecule is COC(=O)C1=CC(C(=O)OC)C=NC1c1ccccc1[N+](=O)[O-]. The van der Waals surface area contributed by atoms with Crippen LogP contribution in [0.25, 0.3) is 0 Å². The van der Waals surface area contributed by atoms with Crippen molar-refractivity contribution in [1.82, 2.24) is 0 Å². The lowest BCUT2D eigenvalue weighted by Gasteiger charge is -2.21. The van der Waals surface area contributed by atoms with Crippen LogP contribution in [0.2, 0.25) is 0 Å². The zero-order valence-corrected chi connectivity index (χ0v) is 12.5. The molecular weight excluding hydrogens is 304 g/mol. The summed E-state index contributed by atoms with van der Waals surface area (Å²) in [6.07, 6.45) is 2.66. The maximum absolute atomic E-state index is 12.0. The fourth-order valence-corrected chi connectivity index (χ4v) is 2.28. The van der Waals surface area contributed by atoms with Crippen LogP contribution in [0.4, 0.5) is 5.69 Å². The molecule has 1 aromatic carbocycles. The minimum atomic E-state index is -0.912. The van der Waals surface area contributed by atoms with Gasteiger partial charge in [0.15, 0.2) is 0 Å². The van der Waals surface area contributed by atoms with Gasteiger partial charge in [0, 0.05) is 12.3 Å². The molecule has 120 valence electrons. The minimum absolute atomic E-state index is 0.0553. The molecule has 8 heteroatoms. The molecule has 1 heterocycles. The highest BCUT2D eigenvalue weighted by molar-refractivity contribution is 5.98. The molecule has 0 fully saturated rings. The highest BCUT2D eigenvalue weighted by atomic mass is 16.6. The van der Waals surface area contributed by atoms with Gasteiger partial charge < -0.3 is 9.47 Å². The molecule has 23 heavy (non-hydrogen) atoms. The molecule has 0 saturated heterocycles. The Balaban J connectivity index is 2.50. The van der Waals surface area contributed by atoms with Crippen molar-refractivity contribution in [3.8, 4) is 0 Å². The van der Waals surface area contributed by atoms with Gasteiger partial charge in [0.1, 0.15) is 12.0 Å². The van der Waals surface area contributed by atoms with Crippen LogP contribution < -0.4 is 0 Å². The van der Waals surface area contributed by atoms with E-state index in [4.69, 9.17) is 4.74 Å². The number of nitro groups is 1. The maximum Gasteiger partial charge on any atom is 0.335 e. The fourth-order valence-electron chi connectivity index (χ4n) is 2.28. The van der Waals surface area contributed by atoms with Gasteiger partial charge in [0.25, 0.3) is 5.69 Å². The van der Waals surface area contributed by atoms with Crippen molar-refractivity contribution < 1.29 is 24.0 Å². The highest BCUT2D eigenvalue weighted by Gasteiger charge is 2.33. The fraction of sp³-hybridized carbons (Fsp3) is 0.267. The van der Waals surface area contributed by atoms with Crippen molar-refractivity contribution >= 4 is 23.8 Å². The Morgan fingerprint density at radius 1 is 1.22 bits per heavy atom. The molecule has 0 saturated carbocycles. The predicted octanol–water partition coefficient (Wildman–Crippen LogP) is 1.61. The van der Waals surface area contributed by atoms with Crippen LogP contribution in [-0.2, 0) is 19.1 Å². The van der Waals surface area contributed by atoms with Gasteiger partial charge in [-0.05, 0) is 6.07 Å². The summed E-state index contributed by atoms with van der Waals surface area (Å²) in [5, 5.41) is 11.2. The molecule has 0 radical (unpaired) electrons. The largest absolute Gasteiger partial charge is 0.468 e. The monoisotopic (exact) mass is 318 g/mol. The molecule has 1 aliphatic rings. The number of ether oxygens (including phenoxy) is 2. The lowest BCUT2D eigenvalue weighted by Crippen LogP contribution is -2.24. The average molecular weight is 318 g/mol. The second-order valence-corrected chi connectivity index (χ2v) is 4.68. The number of hydrogen-bond acceptors (Lipinski definition) is 7. The number of dihydropyridines is 1. The number of benzene rings is 1. The lowest BCUT2D eigenvalue weighted by molar-refractivity contribution is -0.385. The van der Waals surface area contributed by atoms with E-state index in [1.54, 1.807) is 6.07 Å². The third-order valence-corrected chi connectivity index (χ3v) is 3.37. The van der Waals surface area contributed by atoms with Crippen LogP contribution >= 0.6 is 0 Å². The molecule has 1 aliphatic heterocycles. The second-order valence-electron chi connectivity index (χ2n) is 4.68. The van der Waals surface area contributed by atoms with E-state index in [1.807, 2.05) is 0 Å². The van der Waals surface area contributed by atoms with Crippen molar-refractivity contribution in [1.29, 1.82) is 0 Å². The molecular formula is C15H14N2O6. The van der Waals surface area contributed by atoms with Gasteiger partial charge in [-0.15, -0.1) is 0 Å². The number of nitrogens with zero attached hydrogens (tertiary/aromatic N) is 2. The van der Waals surface area contributed by atoms with Gasteiger partial charge in [-0.3, -0.25) is 19.9 Å². The summed E-state index contributed by atoms with van der Waals surface area (Å²) in [5.74, 6) is -2.14. The summed E-state index contributed by atoms with van der Waals surface area (Å²) in [6, 6.07) is 5.05. The third kappa shape index (κ3) is 3.25. The Morgan fingerprint density at radius 3 is 2.52 bits per heavy atom. The Bertz CT molecular complexity index is 710. The molecule has 0 aromatic heterocycles. The number of carbonyl (C=O) groups excluding carboxylic acids is 2. The number of carbonyl (C=O) groups is 2. The second kappa shape index (κ2) is 6.82.